The average molecular weight is 476 g/mol. The standard InChI is InChI=1S/C34H25N3/c1-24-10-8-15-29(22-24)25-18-20-26(21-19-25)30-16-9-17-31(23-30)34-36-32(27-11-4-2-5-12-27)35-33(37-34)28-13-6-3-7-14-28/h2-23H,1H3. The summed E-state index contributed by atoms with van der Waals surface area (Å²) in [5.41, 5.74) is 8.86. The quantitative estimate of drug-likeness (QED) is 0.251. The van der Waals surface area contributed by atoms with Crippen LogP contribution in [-0.4, -0.2) is 15.0 Å². The molecule has 0 fully saturated rings. The fraction of sp³-hybridized carbons (Fsp3) is 0.0294. The second-order valence-corrected chi connectivity index (χ2v) is 9.07. The van der Waals surface area contributed by atoms with Gasteiger partial charge in [0.1, 0.15) is 0 Å². The number of aryl methyl sites for hydroxylation is 1. The Hall–Kier alpha value is -4.89. The van der Waals surface area contributed by atoms with Crippen LogP contribution < -0.4 is 0 Å². The highest BCUT2D eigenvalue weighted by molar-refractivity contribution is 5.75. The van der Waals surface area contributed by atoms with E-state index < -0.39 is 0 Å². The summed E-state index contributed by atoms with van der Waals surface area (Å²) in [5, 5.41) is 0. The van der Waals surface area contributed by atoms with Crippen molar-refractivity contribution in [1.29, 1.82) is 0 Å². The van der Waals surface area contributed by atoms with Crippen LogP contribution in [0.4, 0.5) is 0 Å². The number of nitrogens with zero attached hydrogens (tertiary/aromatic N) is 3. The van der Waals surface area contributed by atoms with Crippen LogP contribution in [0.5, 0.6) is 0 Å². The van der Waals surface area contributed by atoms with Crippen LogP contribution in [0, 0.1) is 6.92 Å². The molecular weight excluding hydrogens is 450 g/mol. The summed E-state index contributed by atoms with van der Waals surface area (Å²) >= 11 is 0. The van der Waals surface area contributed by atoms with Gasteiger partial charge in [-0.25, -0.2) is 15.0 Å². The normalized spacial score (nSPS) is 10.8. The summed E-state index contributed by atoms with van der Waals surface area (Å²) in [7, 11) is 0. The van der Waals surface area contributed by atoms with Crippen LogP contribution in [0.25, 0.3) is 56.4 Å². The fourth-order valence-corrected chi connectivity index (χ4v) is 4.46. The van der Waals surface area contributed by atoms with Gasteiger partial charge in [0, 0.05) is 16.7 Å². The van der Waals surface area contributed by atoms with Crippen molar-refractivity contribution in [3.63, 3.8) is 0 Å². The molecule has 37 heavy (non-hydrogen) atoms. The first-order valence-electron chi connectivity index (χ1n) is 12.4. The van der Waals surface area contributed by atoms with E-state index in [9.17, 15) is 0 Å². The molecule has 3 nitrogen and oxygen atoms in total. The highest BCUT2D eigenvalue weighted by Crippen LogP contribution is 2.29. The molecule has 0 unspecified atom stereocenters. The summed E-state index contributed by atoms with van der Waals surface area (Å²) in [6.45, 7) is 2.12. The third kappa shape index (κ3) is 4.93. The lowest BCUT2D eigenvalue weighted by atomic mass is 9.98. The lowest BCUT2D eigenvalue weighted by Gasteiger charge is -2.10. The second kappa shape index (κ2) is 10.00. The molecule has 3 heteroatoms. The number of rotatable bonds is 5. The smallest absolute Gasteiger partial charge is 0.164 e. The van der Waals surface area contributed by atoms with Crippen LogP contribution in [0.3, 0.4) is 0 Å². The molecule has 1 aromatic heterocycles. The Bertz CT molecular complexity index is 1600. The van der Waals surface area contributed by atoms with E-state index in [1.165, 1.54) is 16.7 Å². The Morgan fingerprint density at radius 3 is 1.24 bits per heavy atom. The molecule has 0 saturated heterocycles. The molecule has 1 heterocycles. The summed E-state index contributed by atoms with van der Waals surface area (Å²) in [4.78, 5) is 14.6. The van der Waals surface area contributed by atoms with E-state index >= 15 is 0 Å². The first-order valence-corrected chi connectivity index (χ1v) is 12.4. The summed E-state index contributed by atoms with van der Waals surface area (Å²) in [5.74, 6) is 1.99. The molecule has 5 aromatic carbocycles. The van der Waals surface area contributed by atoms with Crippen molar-refractivity contribution in [1.82, 2.24) is 15.0 Å². The van der Waals surface area contributed by atoms with Gasteiger partial charge in [0.25, 0.3) is 0 Å². The SMILES string of the molecule is Cc1cccc(-c2ccc(-c3cccc(-c4nc(-c5ccccc5)nc(-c5ccccc5)n4)c3)cc2)c1. The number of hydrogen-bond acceptors (Lipinski definition) is 3. The van der Waals surface area contributed by atoms with E-state index in [-0.39, 0.29) is 0 Å². The van der Waals surface area contributed by atoms with Crippen LogP contribution in [-0.2, 0) is 0 Å². The minimum absolute atomic E-state index is 0.658. The van der Waals surface area contributed by atoms with Gasteiger partial charge in [-0.3, -0.25) is 0 Å². The maximum atomic E-state index is 4.87. The van der Waals surface area contributed by atoms with Gasteiger partial charge in [0.05, 0.1) is 0 Å². The largest absolute Gasteiger partial charge is 0.208 e. The predicted molar refractivity (Wildman–Crippen MR) is 152 cm³/mol. The monoisotopic (exact) mass is 475 g/mol. The zero-order chi connectivity index (χ0) is 25.0. The lowest BCUT2D eigenvalue weighted by Crippen LogP contribution is -2.00. The lowest BCUT2D eigenvalue weighted by molar-refractivity contribution is 1.07. The minimum atomic E-state index is 0.658. The molecule has 6 rings (SSSR count). The Morgan fingerprint density at radius 2 is 0.730 bits per heavy atom. The van der Waals surface area contributed by atoms with Crippen LogP contribution in [0.15, 0.2) is 133 Å². The topological polar surface area (TPSA) is 38.7 Å². The molecule has 0 aliphatic rings. The van der Waals surface area contributed by atoms with Gasteiger partial charge in [0.15, 0.2) is 17.5 Å². The maximum absolute atomic E-state index is 4.87. The van der Waals surface area contributed by atoms with Crippen molar-refractivity contribution in [3.8, 4) is 56.4 Å². The molecule has 0 N–H and O–H groups in total. The molecule has 0 aliphatic carbocycles. The van der Waals surface area contributed by atoms with E-state index in [0.29, 0.717) is 17.5 Å². The first-order chi connectivity index (χ1) is 18.2. The summed E-state index contributed by atoms with van der Waals surface area (Å²) in [6.07, 6.45) is 0. The Balaban J connectivity index is 1.40. The van der Waals surface area contributed by atoms with Crippen LogP contribution in [0.2, 0.25) is 0 Å². The van der Waals surface area contributed by atoms with Crippen molar-refractivity contribution in [2.24, 2.45) is 0 Å². The second-order valence-electron chi connectivity index (χ2n) is 9.07. The van der Waals surface area contributed by atoms with Gasteiger partial charge in [-0.15, -0.1) is 0 Å². The molecule has 0 saturated carbocycles. The molecule has 0 aliphatic heterocycles. The van der Waals surface area contributed by atoms with Crippen LogP contribution in [0.1, 0.15) is 5.56 Å². The third-order valence-corrected chi connectivity index (χ3v) is 6.39. The molecule has 0 radical (unpaired) electrons. The summed E-state index contributed by atoms with van der Waals surface area (Å²) < 4.78 is 0. The van der Waals surface area contributed by atoms with E-state index in [1.54, 1.807) is 0 Å². The molecule has 0 bridgehead atoms. The number of aromatic nitrogens is 3. The van der Waals surface area contributed by atoms with E-state index in [2.05, 4.69) is 79.7 Å². The predicted octanol–water partition coefficient (Wildman–Crippen LogP) is 8.52. The molecule has 176 valence electrons. The highest BCUT2D eigenvalue weighted by atomic mass is 15.0. The maximum Gasteiger partial charge on any atom is 0.164 e. The highest BCUT2D eigenvalue weighted by Gasteiger charge is 2.12. The van der Waals surface area contributed by atoms with E-state index in [0.717, 1.165) is 27.8 Å². The van der Waals surface area contributed by atoms with E-state index in [1.807, 2.05) is 60.7 Å². The van der Waals surface area contributed by atoms with Gasteiger partial charge >= 0.3 is 0 Å². The Labute approximate surface area is 217 Å². The molecule has 0 atom stereocenters. The fourth-order valence-electron chi connectivity index (χ4n) is 4.46. The van der Waals surface area contributed by atoms with Crippen molar-refractivity contribution in [3.05, 3.63) is 139 Å². The molecule has 6 aromatic rings. The van der Waals surface area contributed by atoms with Crippen molar-refractivity contribution in [2.45, 2.75) is 6.92 Å². The van der Waals surface area contributed by atoms with Gasteiger partial charge in [-0.1, -0.05) is 133 Å². The number of hydrogen-bond donors (Lipinski definition) is 0. The van der Waals surface area contributed by atoms with Gasteiger partial charge in [-0.05, 0) is 35.2 Å². The first kappa shape index (κ1) is 22.6. The minimum Gasteiger partial charge on any atom is -0.208 e. The zero-order valence-corrected chi connectivity index (χ0v) is 20.5. The van der Waals surface area contributed by atoms with E-state index in [4.69, 9.17) is 15.0 Å². The molecule has 0 amide bonds. The van der Waals surface area contributed by atoms with Gasteiger partial charge in [0.2, 0.25) is 0 Å². The van der Waals surface area contributed by atoms with Gasteiger partial charge < -0.3 is 0 Å². The average Bonchev–Trinajstić information content (AvgIpc) is 2.98. The number of benzene rings is 5. The van der Waals surface area contributed by atoms with Crippen molar-refractivity contribution >= 4 is 0 Å². The molecule has 0 spiro atoms. The molecular formula is C34H25N3. The van der Waals surface area contributed by atoms with Crippen molar-refractivity contribution < 1.29 is 0 Å². The van der Waals surface area contributed by atoms with Crippen molar-refractivity contribution in [2.75, 3.05) is 0 Å². The zero-order valence-electron chi connectivity index (χ0n) is 20.5. The Kier molecular flexibility index (Phi) is 6.10. The Morgan fingerprint density at radius 1 is 0.324 bits per heavy atom. The summed E-state index contributed by atoms with van der Waals surface area (Å²) in [6, 6.07) is 45.8. The van der Waals surface area contributed by atoms with Crippen LogP contribution >= 0.6 is 0 Å². The van der Waals surface area contributed by atoms with Gasteiger partial charge in [-0.2, -0.15) is 0 Å². The third-order valence-electron chi connectivity index (χ3n) is 6.39.